The first-order valence-electron chi connectivity index (χ1n) is 7.89. The summed E-state index contributed by atoms with van der Waals surface area (Å²) in [6.07, 6.45) is 0. The van der Waals surface area contributed by atoms with Gasteiger partial charge >= 0.3 is 10.2 Å². The summed E-state index contributed by atoms with van der Waals surface area (Å²) in [5.74, 6) is -0.149. The lowest BCUT2D eigenvalue weighted by Gasteiger charge is -2.23. The van der Waals surface area contributed by atoms with Crippen molar-refractivity contribution in [1.82, 2.24) is 9.21 Å². The van der Waals surface area contributed by atoms with Crippen molar-refractivity contribution in [3.05, 3.63) is 64.7 Å². The van der Waals surface area contributed by atoms with E-state index in [2.05, 4.69) is 0 Å². The van der Waals surface area contributed by atoms with Crippen LogP contribution >= 0.6 is 11.6 Å². The Balaban J connectivity index is 2.11. The smallest absolute Gasteiger partial charge is 0.303 e. The van der Waals surface area contributed by atoms with Crippen LogP contribution in [0.15, 0.2) is 48.5 Å². The Morgan fingerprint density at radius 3 is 1.96 bits per heavy atom. The van der Waals surface area contributed by atoms with Crippen LogP contribution in [0.2, 0.25) is 5.02 Å². The molecule has 0 saturated heterocycles. The van der Waals surface area contributed by atoms with Crippen LogP contribution < -0.4 is 4.31 Å². The van der Waals surface area contributed by atoms with Crippen molar-refractivity contribution in [3.8, 4) is 0 Å². The van der Waals surface area contributed by atoms with Crippen molar-refractivity contribution in [1.29, 1.82) is 0 Å². The van der Waals surface area contributed by atoms with E-state index in [9.17, 15) is 13.2 Å². The molecule has 0 aliphatic rings. The summed E-state index contributed by atoms with van der Waals surface area (Å²) in [4.78, 5) is 14.2. The lowest BCUT2D eigenvalue weighted by atomic mass is 10.1. The minimum Gasteiger partial charge on any atom is -0.337 e. The number of benzene rings is 2. The molecule has 140 valence electrons. The quantitative estimate of drug-likeness (QED) is 0.755. The summed E-state index contributed by atoms with van der Waals surface area (Å²) in [6, 6.07) is 13.8. The molecule has 0 aliphatic heterocycles. The number of anilines is 1. The summed E-state index contributed by atoms with van der Waals surface area (Å²) in [5.41, 5.74) is 1.94. The highest BCUT2D eigenvalue weighted by atomic mass is 35.5. The van der Waals surface area contributed by atoms with Gasteiger partial charge in [0.25, 0.3) is 5.91 Å². The zero-order valence-electron chi connectivity index (χ0n) is 15.2. The first-order chi connectivity index (χ1) is 12.1. The third-order valence-corrected chi connectivity index (χ3v) is 6.04. The molecule has 0 saturated carbocycles. The van der Waals surface area contributed by atoms with Gasteiger partial charge in [0.1, 0.15) is 0 Å². The van der Waals surface area contributed by atoms with Crippen molar-refractivity contribution in [2.75, 3.05) is 32.5 Å². The molecule has 2 rings (SSSR count). The van der Waals surface area contributed by atoms with Gasteiger partial charge < -0.3 is 4.90 Å². The molecule has 0 atom stereocenters. The molecule has 6 nitrogen and oxygen atoms in total. The summed E-state index contributed by atoms with van der Waals surface area (Å²) in [5, 5.41) is 0.648. The molecule has 2 aromatic carbocycles. The Morgan fingerprint density at radius 2 is 1.46 bits per heavy atom. The van der Waals surface area contributed by atoms with Crippen molar-refractivity contribution in [2.45, 2.75) is 6.54 Å². The largest absolute Gasteiger partial charge is 0.337 e. The molecule has 0 spiro atoms. The Hall–Kier alpha value is -2.09. The molecular formula is C18H22ClN3O3S. The number of rotatable bonds is 6. The van der Waals surface area contributed by atoms with Crippen LogP contribution in [0.1, 0.15) is 15.9 Å². The molecule has 2 aromatic rings. The first kappa shape index (κ1) is 20.2. The highest BCUT2D eigenvalue weighted by Crippen LogP contribution is 2.19. The van der Waals surface area contributed by atoms with Gasteiger partial charge in [0.2, 0.25) is 0 Å². The summed E-state index contributed by atoms with van der Waals surface area (Å²) in [7, 11) is 2.56. The first-order valence-corrected chi connectivity index (χ1v) is 9.67. The number of amides is 1. The second kappa shape index (κ2) is 8.07. The molecular weight excluding hydrogens is 374 g/mol. The van der Waals surface area contributed by atoms with Gasteiger partial charge in [0.05, 0.1) is 5.69 Å². The number of halogens is 1. The number of carbonyl (C=O) groups is 1. The maximum absolute atomic E-state index is 12.6. The van der Waals surface area contributed by atoms with Gasteiger partial charge in [-0.05, 0) is 42.0 Å². The van der Waals surface area contributed by atoms with Crippen LogP contribution in [0.4, 0.5) is 5.69 Å². The number of nitrogens with zero attached hydrogens (tertiary/aromatic N) is 3. The topological polar surface area (TPSA) is 60.9 Å². The fourth-order valence-electron chi connectivity index (χ4n) is 2.35. The van der Waals surface area contributed by atoms with E-state index in [1.807, 2.05) is 12.1 Å². The second-order valence-electron chi connectivity index (χ2n) is 6.09. The lowest BCUT2D eigenvalue weighted by Crippen LogP contribution is -2.37. The molecule has 8 heteroatoms. The van der Waals surface area contributed by atoms with E-state index in [4.69, 9.17) is 11.6 Å². The molecule has 0 N–H and O–H groups in total. The van der Waals surface area contributed by atoms with Gasteiger partial charge in [0, 0.05) is 45.3 Å². The zero-order valence-corrected chi connectivity index (χ0v) is 16.8. The molecule has 0 heterocycles. The minimum atomic E-state index is -3.56. The maximum atomic E-state index is 12.6. The normalized spacial score (nSPS) is 11.5. The van der Waals surface area contributed by atoms with Crippen molar-refractivity contribution in [3.63, 3.8) is 0 Å². The average molecular weight is 396 g/mol. The van der Waals surface area contributed by atoms with E-state index in [0.717, 1.165) is 9.87 Å². The number of carbonyl (C=O) groups excluding carboxylic acids is 1. The SMILES string of the molecule is CN(Cc1ccc(Cl)cc1)C(=O)c1ccc(N(C)S(=O)(=O)N(C)C)cc1. The fourth-order valence-corrected chi connectivity index (χ4v) is 3.35. The maximum Gasteiger partial charge on any atom is 0.303 e. The van der Waals surface area contributed by atoms with E-state index < -0.39 is 10.2 Å². The number of hydrogen-bond acceptors (Lipinski definition) is 3. The average Bonchev–Trinajstić information content (AvgIpc) is 2.62. The van der Waals surface area contributed by atoms with E-state index in [1.165, 1.54) is 25.4 Å². The lowest BCUT2D eigenvalue weighted by molar-refractivity contribution is 0.0785. The molecule has 0 aromatic heterocycles. The zero-order chi connectivity index (χ0) is 19.5. The predicted molar refractivity (Wildman–Crippen MR) is 105 cm³/mol. The Labute approximate surface area is 159 Å². The van der Waals surface area contributed by atoms with Crippen molar-refractivity contribution in [2.24, 2.45) is 0 Å². The minimum absolute atomic E-state index is 0.149. The Kier molecular flexibility index (Phi) is 6.28. The molecule has 0 unspecified atom stereocenters. The molecule has 0 radical (unpaired) electrons. The van der Waals surface area contributed by atoms with Gasteiger partial charge in [-0.15, -0.1) is 0 Å². The van der Waals surface area contributed by atoms with Crippen LogP contribution in [-0.2, 0) is 16.8 Å². The monoisotopic (exact) mass is 395 g/mol. The number of hydrogen-bond donors (Lipinski definition) is 0. The fraction of sp³-hybridized carbons (Fsp3) is 0.278. The van der Waals surface area contributed by atoms with Gasteiger partial charge in [-0.1, -0.05) is 23.7 Å². The Bertz CT molecular complexity index is 866. The third-order valence-electron chi connectivity index (χ3n) is 3.97. The molecule has 0 fully saturated rings. The molecule has 0 aliphatic carbocycles. The van der Waals surface area contributed by atoms with Crippen LogP contribution in [0.3, 0.4) is 0 Å². The van der Waals surface area contributed by atoms with Crippen LogP contribution in [0.5, 0.6) is 0 Å². The van der Waals surface area contributed by atoms with Crippen LogP contribution in [0.25, 0.3) is 0 Å². The van der Waals surface area contributed by atoms with Crippen molar-refractivity contribution >= 4 is 33.4 Å². The molecule has 1 amide bonds. The standard InChI is InChI=1S/C18H22ClN3O3S/c1-20(2)26(24,25)22(4)17-11-7-15(8-12-17)18(23)21(3)13-14-5-9-16(19)10-6-14/h5-12H,13H2,1-4H3. The van der Waals surface area contributed by atoms with Gasteiger partial charge in [-0.25, -0.2) is 0 Å². The van der Waals surface area contributed by atoms with Gasteiger partial charge in [0.15, 0.2) is 0 Å². The second-order valence-corrected chi connectivity index (χ2v) is 8.70. The van der Waals surface area contributed by atoms with Crippen LogP contribution in [0, 0.1) is 0 Å². The van der Waals surface area contributed by atoms with Crippen LogP contribution in [-0.4, -0.2) is 51.7 Å². The van der Waals surface area contributed by atoms with E-state index in [1.54, 1.807) is 48.3 Å². The van der Waals surface area contributed by atoms with Crippen molar-refractivity contribution < 1.29 is 13.2 Å². The van der Waals surface area contributed by atoms with E-state index >= 15 is 0 Å². The summed E-state index contributed by atoms with van der Waals surface area (Å²) < 4.78 is 26.6. The predicted octanol–water partition coefficient (Wildman–Crippen LogP) is 2.85. The summed E-state index contributed by atoms with van der Waals surface area (Å²) in [6.45, 7) is 0.451. The summed E-state index contributed by atoms with van der Waals surface area (Å²) >= 11 is 5.87. The third kappa shape index (κ3) is 4.55. The molecule has 0 bridgehead atoms. The molecule has 26 heavy (non-hydrogen) atoms. The van der Waals surface area contributed by atoms with E-state index in [-0.39, 0.29) is 5.91 Å². The highest BCUT2D eigenvalue weighted by Gasteiger charge is 2.21. The Morgan fingerprint density at radius 1 is 0.923 bits per heavy atom. The van der Waals surface area contributed by atoms with E-state index in [0.29, 0.717) is 22.8 Å². The van der Waals surface area contributed by atoms with Gasteiger partial charge in [-0.3, -0.25) is 9.10 Å². The van der Waals surface area contributed by atoms with Gasteiger partial charge in [-0.2, -0.15) is 12.7 Å². The highest BCUT2D eigenvalue weighted by molar-refractivity contribution is 7.90.